The summed E-state index contributed by atoms with van der Waals surface area (Å²) in [5, 5.41) is 0. The van der Waals surface area contributed by atoms with Crippen molar-refractivity contribution >= 4 is 15.0 Å². The number of nitrogens with zero attached hydrogens (tertiary/aromatic N) is 1. The third kappa shape index (κ3) is 5.96. The predicted octanol–water partition coefficient (Wildman–Crippen LogP) is 1.76. The molecule has 1 atom stereocenters. The van der Waals surface area contributed by atoms with Gasteiger partial charge in [0, 0.05) is 26.5 Å². The molecule has 0 N–H and O–H groups in total. The SMILES string of the molecule is CO[SiH](OC)C(C)CCN=C(C)C. The van der Waals surface area contributed by atoms with Crippen LogP contribution >= 0.6 is 0 Å². The fraction of sp³-hybridized carbons (Fsp3) is 0.889. The quantitative estimate of drug-likeness (QED) is 0.486. The molecule has 0 fully saturated rings. The highest BCUT2D eigenvalue weighted by molar-refractivity contribution is 6.46. The van der Waals surface area contributed by atoms with Crippen molar-refractivity contribution < 1.29 is 8.85 Å². The highest BCUT2D eigenvalue weighted by atomic mass is 28.3. The van der Waals surface area contributed by atoms with Gasteiger partial charge in [0.1, 0.15) is 0 Å². The van der Waals surface area contributed by atoms with Crippen molar-refractivity contribution in [3.05, 3.63) is 0 Å². The largest absolute Gasteiger partial charge is 0.400 e. The molecule has 0 rings (SSSR count). The first-order valence-electron chi connectivity index (χ1n) is 4.65. The monoisotopic (exact) mass is 203 g/mol. The van der Waals surface area contributed by atoms with E-state index in [1.165, 1.54) is 0 Å². The van der Waals surface area contributed by atoms with Gasteiger partial charge >= 0.3 is 9.28 Å². The summed E-state index contributed by atoms with van der Waals surface area (Å²) < 4.78 is 10.6. The van der Waals surface area contributed by atoms with Gasteiger partial charge in [-0.1, -0.05) is 6.92 Å². The summed E-state index contributed by atoms with van der Waals surface area (Å²) in [5.41, 5.74) is 1.67. The topological polar surface area (TPSA) is 30.8 Å². The molecule has 0 aromatic carbocycles. The molecule has 4 heteroatoms. The Labute approximate surface area is 83.0 Å². The van der Waals surface area contributed by atoms with Crippen LogP contribution in [0.15, 0.2) is 4.99 Å². The fourth-order valence-electron chi connectivity index (χ4n) is 1.19. The van der Waals surface area contributed by atoms with Gasteiger partial charge in [0.15, 0.2) is 0 Å². The number of hydrogen-bond donors (Lipinski definition) is 0. The molecule has 13 heavy (non-hydrogen) atoms. The molecule has 0 aromatic rings. The molecule has 3 nitrogen and oxygen atoms in total. The molecular weight excluding hydrogens is 182 g/mol. The Bertz CT molecular complexity index is 154. The zero-order chi connectivity index (χ0) is 10.3. The van der Waals surface area contributed by atoms with Crippen LogP contribution in [-0.4, -0.2) is 35.8 Å². The Morgan fingerprint density at radius 2 is 1.85 bits per heavy atom. The number of rotatable bonds is 6. The van der Waals surface area contributed by atoms with Crippen LogP contribution in [0.1, 0.15) is 27.2 Å². The summed E-state index contributed by atoms with van der Waals surface area (Å²) >= 11 is 0. The normalized spacial score (nSPS) is 13.1. The second-order valence-corrected chi connectivity index (χ2v) is 6.25. The van der Waals surface area contributed by atoms with E-state index in [1.54, 1.807) is 14.2 Å². The lowest BCUT2D eigenvalue weighted by Crippen LogP contribution is -2.25. The second-order valence-electron chi connectivity index (χ2n) is 3.43. The lowest BCUT2D eigenvalue weighted by molar-refractivity contribution is 0.265. The maximum atomic E-state index is 5.29. The second kappa shape index (κ2) is 7.23. The molecule has 1 unspecified atom stereocenters. The summed E-state index contributed by atoms with van der Waals surface area (Å²) in [7, 11) is 2.04. The van der Waals surface area contributed by atoms with E-state index in [-0.39, 0.29) is 0 Å². The highest BCUT2D eigenvalue weighted by Gasteiger charge is 2.18. The average Bonchev–Trinajstić information content (AvgIpc) is 2.05. The van der Waals surface area contributed by atoms with Crippen molar-refractivity contribution in [3.63, 3.8) is 0 Å². The van der Waals surface area contributed by atoms with E-state index in [1.807, 2.05) is 13.8 Å². The molecule has 0 radical (unpaired) electrons. The third-order valence-corrected chi connectivity index (χ3v) is 4.13. The van der Waals surface area contributed by atoms with Crippen molar-refractivity contribution in [1.29, 1.82) is 0 Å². The van der Waals surface area contributed by atoms with Crippen LogP contribution in [0, 0.1) is 0 Å². The van der Waals surface area contributed by atoms with E-state index in [0.717, 1.165) is 18.7 Å². The van der Waals surface area contributed by atoms with Crippen molar-refractivity contribution in [2.75, 3.05) is 20.8 Å². The van der Waals surface area contributed by atoms with E-state index in [4.69, 9.17) is 8.85 Å². The van der Waals surface area contributed by atoms with E-state index in [0.29, 0.717) is 5.54 Å². The predicted molar refractivity (Wildman–Crippen MR) is 58.9 cm³/mol. The maximum Gasteiger partial charge on any atom is 0.323 e. The van der Waals surface area contributed by atoms with Crippen LogP contribution in [0.5, 0.6) is 0 Å². The minimum Gasteiger partial charge on any atom is -0.400 e. The van der Waals surface area contributed by atoms with E-state index >= 15 is 0 Å². The minimum absolute atomic E-state index is 0.526. The van der Waals surface area contributed by atoms with Gasteiger partial charge in [0.25, 0.3) is 0 Å². The molecule has 0 bridgehead atoms. The van der Waals surface area contributed by atoms with Crippen LogP contribution in [0.2, 0.25) is 5.54 Å². The third-order valence-electron chi connectivity index (χ3n) is 1.94. The zero-order valence-corrected chi connectivity index (χ0v) is 10.5. The van der Waals surface area contributed by atoms with Crippen LogP contribution in [0.4, 0.5) is 0 Å². The van der Waals surface area contributed by atoms with Crippen LogP contribution in [-0.2, 0) is 8.85 Å². The van der Waals surface area contributed by atoms with Crippen molar-refractivity contribution in [2.24, 2.45) is 4.99 Å². The maximum absolute atomic E-state index is 5.29. The van der Waals surface area contributed by atoms with Gasteiger partial charge in [-0.3, -0.25) is 4.99 Å². The molecule has 0 spiro atoms. The molecule has 78 valence electrons. The standard InChI is InChI=1S/C9H21NO2Si/c1-8(2)10-7-6-9(3)13(11-4)12-5/h9,13H,6-7H2,1-5H3. The van der Waals surface area contributed by atoms with Gasteiger partial charge < -0.3 is 8.85 Å². The Morgan fingerprint density at radius 3 is 2.23 bits per heavy atom. The molecule has 0 heterocycles. The summed E-state index contributed by atoms with van der Waals surface area (Å²) in [5.74, 6) is 0. The Balaban J connectivity index is 3.72. The van der Waals surface area contributed by atoms with Crippen LogP contribution in [0.25, 0.3) is 0 Å². The zero-order valence-electron chi connectivity index (χ0n) is 9.33. The first-order chi connectivity index (χ1) is 6.11. The van der Waals surface area contributed by atoms with Gasteiger partial charge in [-0.05, 0) is 25.8 Å². The Hall–Kier alpha value is -0.193. The molecular formula is C9H21NO2Si. The summed E-state index contributed by atoms with van der Waals surface area (Å²) in [6, 6.07) is 0. The number of hydrogen-bond acceptors (Lipinski definition) is 3. The molecule has 0 saturated heterocycles. The van der Waals surface area contributed by atoms with Gasteiger partial charge in [0.2, 0.25) is 0 Å². The summed E-state index contributed by atoms with van der Waals surface area (Å²) in [6.07, 6.45) is 1.06. The average molecular weight is 203 g/mol. The van der Waals surface area contributed by atoms with Gasteiger partial charge in [-0.2, -0.15) is 0 Å². The molecule has 0 saturated carbocycles. The first-order valence-corrected chi connectivity index (χ1v) is 6.26. The van der Waals surface area contributed by atoms with Gasteiger partial charge in [-0.25, -0.2) is 0 Å². The molecule has 0 aliphatic carbocycles. The van der Waals surface area contributed by atoms with E-state index < -0.39 is 9.28 Å². The Morgan fingerprint density at radius 1 is 1.31 bits per heavy atom. The van der Waals surface area contributed by atoms with Gasteiger partial charge in [-0.15, -0.1) is 0 Å². The van der Waals surface area contributed by atoms with Crippen LogP contribution < -0.4 is 0 Å². The molecule has 0 aliphatic rings. The van der Waals surface area contributed by atoms with Gasteiger partial charge in [0.05, 0.1) is 0 Å². The highest BCUT2D eigenvalue weighted by Crippen LogP contribution is 2.14. The number of aliphatic imine (C=N–C) groups is 1. The van der Waals surface area contributed by atoms with Crippen LogP contribution in [0.3, 0.4) is 0 Å². The van der Waals surface area contributed by atoms with Crippen molar-refractivity contribution in [3.8, 4) is 0 Å². The smallest absolute Gasteiger partial charge is 0.323 e. The lowest BCUT2D eigenvalue weighted by atomic mass is 10.3. The molecule has 0 amide bonds. The minimum atomic E-state index is -1.42. The first kappa shape index (κ1) is 12.8. The van der Waals surface area contributed by atoms with E-state index in [9.17, 15) is 0 Å². The lowest BCUT2D eigenvalue weighted by Gasteiger charge is -2.17. The van der Waals surface area contributed by atoms with Crippen molar-refractivity contribution in [2.45, 2.75) is 32.7 Å². The molecule has 0 aromatic heterocycles. The molecule has 0 aliphatic heterocycles. The van der Waals surface area contributed by atoms with E-state index in [2.05, 4.69) is 11.9 Å². The van der Waals surface area contributed by atoms with Crippen molar-refractivity contribution in [1.82, 2.24) is 0 Å². The summed E-state index contributed by atoms with van der Waals surface area (Å²) in [6.45, 7) is 7.10. The Kier molecular flexibility index (Phi) is 7.13. The summed E-state index contributed by atoms with van der Waals surface area (Å²) in [4.78, 5) is 4.34. The fourth-order valence-corrected chi connectivity index (χ4v) is 2.73.